The van der Waals surface area contributed by atoms with Crippen LogP contribution in [-0.2, 0) is 33.4 Å². The van der Waals surface area contributed by atoms with E-state index in [9.17, 15) is 29.4 Å². The second-order valence-electron chi connectivity index (χ2n) is 17.3. The summed E-state index contributed by atoms with van der Waals surface area (Å²) in [6.07, 6.45) is 5.16. The van der Waals surface area contributed by atoms with Crippen LogP contribution in [-0.4, -0.2) is 69.3 Å². The molecule has 2 saturated heterocycles. The van der Waals surface area contributed by atoms with E-state index in [0.29, 0.717) is 60.8 Å². The van der Waals surface area contributed by atoms with E-state index < -0.39 is 81.1 Å². The van der Waals surface area contributed by atoms with E-state index >= 15 is 0 Å². The lowest BCUT2D eigenvalue weighted by molar-refractivity contribution is -0.168. The summed E-state index contributed by atoms with van der Waals surface area (Å²) in [5.74, 6) is -3.53. The fourth-order valence-corrected chi connectivity index (χ4v) is 10.5. The number of Topliss-reactive ketones (excluding diaryl/α,β-unsaturated/α-hetero) is 2. The lowest BCUT2D eigenvalue weighted by Gasteiger charge is -2.41. The summed E-state index contributed by atoms with van der Waals surface area (Å²) >= 11 is 0. The van der Waals surface area contributed by atoms with E-state index in [2.05, 4.69) is 0 Å². The van der Waals surface area contributed by atoms with Crippen molar-refractivity contribution in [3.63, 3.8) is 0 Å². The highest BCUT2D eigenvalue weighted by Crippen LogP contribution is 2.67. The van der Waals surface area contributed by atoms with Gasteiger partial charge in [0.1, 0.15) is 23.4 Å². The molecule has 0 aromatic carbocycles. The molecule has 8 rings (SSSR count). The second-order valence-corrected chi connectivity index (χ2v) is 17.3. The lowest BCUT2D eigenvalue weighted by atomic mass is 9.67. The van der Waals surface area contributed by atoms with Gasteiger partial charge in [0, 0.05) is 44.0 Å². The molecule has 2 spiro atoms. The number of aliphatic hydroxyl groups is 2. The Balaban J connectivity index is 1.09. The molecule has 2 N–H and O–H groups in total. The zero-order valence-electron chi connectivity index (χ0n) is 28.6. The fourth-order valence-electron chi connectivity index (χ4n) is 10.5. The van der Waals surface area contributed by atoms with Crippen molar-refractivity contribution in [2.75, 3.05) is 0 Å². The summed E-state index contributed by atoms with van der Waals surface area (Å²) < 4.78 is 18.9. The molecule has 0 amide bonds. The third-order valence-electron chi connectivity index (χ3n) is 13.8. The Morgan fingerprint density at radius 1 is 0.681 bits per heavy atom. The van der Waals surface area contributed by atoms with Gasteiger partial charge in [-0.05, 0) is 66.2 Å². The molecule has 0 aromatic rings. The van der Waals surface area contributed by atoms with E-state index in [1.807, 2.05) is 53.7 Å². The quantitative estimate of drug-likeness (QED) is 0.426. The second kappa shape index (κ2) is 9.01. The molecule has 0 radical (unpaired) electrons. The molecule has 252 valence electrons. The van der Waals surface area contributed by atoms with Crippen molar-refractivity contribution >= 4 is 23.5 Å². The molecule has 47 heavy (non-hydrogen) atoms. The Kier molecular flexibility index (Phi) is 6.02. The Labute approximate surface area is 275 Å². The van der Waals surface area contributed by atoms with Gasteiger partial charge in [0.05, 0.1) is 24.0 Å². The standard InChI is InChI=1S/C38H46O9/c1-17-23-19(27(39)35(7,43)37(17)11-12-37)15-33(3,4)29(23)46-31(41)25-21-9-10-22(45-21)26(25)32(42)47-30-24-18(2)38(13-14-38)36(8,44)28(40)20(24)16-34(30,5)6/h15-16,21-22,25-26,29-30,43-44H,9-14H2,1-8H3/t21?,22?,25?,26?,29-,30-,35-,36-/m0/s1. The maximum atomic E-state index is 14.2. The molecule has 6 aliphatic carbocycles. The van der Waals surface area contributed by atoms with Crippen LogP contribution in [0.25, 0.3) is 0 Å². The predicted octanol–water partition coefficient (Wildman–Crippen LogP) is 4.40. The summed E-state index contributed by atoms with van der Waals surface area (Å²) in [5, 5.41) is 22.6. The smallest absolute Gasteiger partial charge is 0.313 e. The van der Waals surface area contributed by atoms with Crippen LogP contribution in [0, 0.1) is 33.5 Å². The number of esters is 2. The first-order valence-corrected chi connectivity index (χ1v) is 17.2. The van der Waals surface area contributed by atoms with E-state index in [1.54, 1.807) is 13.8 Å². The topological polar surface area (TPSA) is 136 Å². The third-order valence-corrected chi connectivity index (χ3v) is 13.8. The Morgan fingerprint density at radius 3 is 1.34 bits per heavy atom. The lowest BCUT2D eigenvalue weighted by Crippen LogP contribution is -2.51. The van der Waals surface area contributed by atoms with Crippen LogP contribution in [0.3, 0.4) is 0 Å². The molecule has 8 aliphatic rings. The summed E-state index contributed by atoms with van der Waals surface area (Å²) in [4.78, 5) is 55.6. The maximum absolute atomic E-state index is 14.2. The number of hydrogen-bond donors (Lipinski definition) is 2. The van der Waals surface area contributed by atoms with E-state index in [-0.39, 0.29) is 11.6 Å². The van der Waals surface area contributed by atoms with Crippen LogP contribution >= 0.6 is 0 Å². The van der Waals surface area contributed by atoms with Gasteiger partial charge in [-0.25, -0.2) is 0 Å². The molecule has 9 nitrogen and oxygen atoms in total. The number of rotatable bonds is 4. The maximum Gasteiger partial charge on any atom is 0.313 e. The van der Waals surface area contributed by atoms with Gasteiger partial charge in [0.15, 0.2) is 11.6 Å². The molecule has 0 aromatic heterocycles. The van der Waals surface area contributed by atoms with Gasteiger partial charge in [0.2, 0.25) is 0 Å². The Hall–Kier alpha value is -2.88. The van der Waals surface area contributed by atoms with Crippen molar-refractivity contribution in [2.45, 2.75) is 130 Å². The first-order valence-electron chi connectivity index (χ1n) is 17.2. The van der Waals surface area contributed by atoms with Crippen molar-refractivity contribution in [1.82, 2.24) is 0 Å². The normalized spacial score (nSPS) is 42.4. The van der Waals surface area contributed by atoms with Gasteiger partial charge < -0.3 is 24.4 Å². The summed E-state index contributed by atoms with van der Waals surface area (Å²) in [6.45, 7) is 14.7. The van der Waals surface area contributed by atoms with Gasteiger partial charge in [-0.1, -0.05) is 51.0 Å². The van der Waals surface area contributed by atoms with Crippen molar-refractivity contribution in [2.24, 2.45) is 33.5 Å². The molecular formula is C38H46O9. The molecule has 2 saturated carbocycles. The fraction of sp³-hybridized carbons (Fsp3) is 0.684. The minimum absolute atomic E-state index is 0.334. The number of carbonyl (C=O) groups excluding carboxylic acids is 4. The minimum Gasteiger partial charge on any atom is -0.456 e. The molecule has 2 bridgehead atoms. The van der Waals surface area contributed by atoms with Gasteiger partial charge in [-0.2, -0.15) is 0 Å². The Morgan fingerprint density at radius 2 is 1.02 bits per heavy atom. The number of carbonyl (C=O) groups is 4. The largest absolute Gasteiger partial charge is 0.456 e. The Bertz CT molecular complexity index is 1580. The summed E-state index contributed by atoms with van der Waals surface area (Å²) in [5.41, 5.74) is -1.77. The zero-order valence-corrected chi connectivity index (χ0v) is 28.6. The number of fused-ring (bicyclic) bond motifs is 4. The molecule has 2 aliphatic heterocycles. The van der Waals surface area contributed by atoms with Crippen molar-refractivity contribution in [3.8, 4) is 0 Å². The number of ether oxygens (including phenoxy) is 3. The SMILES string of the molecule is CC1=C2C(=CC(C)(C)[C@H]2OC(=O)C2C3CCC(O3)C2C(=O)O[C@H]2C3=C(C)C4(CC4)[C@@](C)(O)C(=O)C3=CC2(C)C)C(=O)[C@](C)(O)C12CC2. The van der Waals surface area contributed by atoms with Gasteiger partial charge in [-0.3, -0.25) is 19.2 Å². The monoisotopic (exact) mass is 646 g/mol. The highest BCUT2D eigenvalue weighted by Gasteiger charge is 2.69. The van der Waals surface area contributed by atoms with Gasteiger partial charge >= 0.3 is 11.9 Å². The summed E-state index contributed by atoms with van der Waals surface area (Å²) in [7, 11) is 0. The van der Waals surface area contributed by atoms with E-state index in [4.69, 9.17) is 14.2 Å². The molecular weight excluding hydrogens is 600 g/mol. The first-order chi connectivity index (χ1) is 21.7. The van der Waals surface area contributed by atoms with Crippen molar-refractivity contribution in [1.29, 1.82) is 0 Å². The molecule has 9 heteroatoms. The highest BCUT2D eigenvalue weighted by atomic mass is 16.6. The highest BCUT2D eigenvalue weighted by molar-refractivity contribution is 6.10. The van der Waals surface area contributed by atoms with Crippen LogP contribution in [0.15, 0.2) is 45.6 Å². The van der Waals surface area contributed by atoms with Crippen LogP contribution < -0.4 is 0 Å². The number of hydrogen-bond acceptors (Lipinski definition) is 9. The van der Waals surface area contributed by atoms with Crippen LogP contribution in [0.4, 0.5) is 0 Å². The molecule has 2 heterocycles. The van der Waals surface area contributed by atoms with Crippen LogP contribution in [0.1, 0.15) is 93.9 Å². The third kappa shape index (κ3) is 3.71. The van der Waals surface area contributed by atoms with Gasteiger partial charge in [-0.15, -0.1) is 0 Å². The van der Waals surface area contributed by atoms with Crippen molar-refractivity contribution in [3.05, 3.63) is 45.6 Å². The summed E-state index contributed by atoms with van der Waals surface area (Å²) in [6, 6.07) is 0. The van der Waals surface area contributed by atoms with Crippen LogP contribution in [0.5, 0.6) is 0 Å². The molecule has 8 atom stereocenters. The average Bonchev–Trinajstić information content (AvgIpc) is 3.86. The average molecular weight is 647 g/mol. The van der Waals surface area contributed by atoms with Crippen molar-refractivity contribution < 1.29 is 43.6 Å². The van der Waals surface area contributed by atoms with E-state index in [0.717, 1.165) is 11.1 Å². The molecule has 4 fully saturated rings. The first kappa shape index (κ1) is 31.4. The molecule has 4 unspecified atom stereocenters. The van der Waals surface area contributed by atoms with E-state index in [1.165, 1.54) is 0 Å². The predicted molar refractivity (Wildman–Crippen MR) is 168 cm³/mol. The van der Waals surface area contributed by atoms with Gasteiger partial charge in [0.25, 0.3) is 0 Å². The minimum atomic E-state index is -1.51. The number of ketones is 2. The van der Waals surface area contributed by atoms with Crippen LogP contribution in [0.2, 0.25) is 0 Å². The zero-order chi connectivity index (χ0) is 34.0.